The predicted octanol–water partition coefficient (Wildman–Crippen LogP) is 2.99. The lowest BCUT2D eigenvalue weighted by Crippen LogP contribution is -2.35. The highest BCUT2D eigenvalue weighted by molar-refractivity contribution is 5.76. The van der Waals surface area contributed by atoms with Gasteiger partial charge in [0.15, 0.2) is 0 Å². The van der Waals surface area contributed by atoms with Crippen molar-refractivity contribution in [1.29, 1.82) is 0 Å². The number of hydrogen-bond acceptors (Lipinski definition) is 3. The van der Waals surface area contributed by atoms with E-state index in [1.165, 1.54) is 25.7 Å². The third kappa shape index (κ3) is 4.73. The number of nitrogens with one attached hydrogen (secondary N) is 1. The van der Waals surface area contributed by atoms with Crippen molar-refractivity contribution in [2.75, 3.05) is 27.7 Å². The molecule has 1 fully saturated rings. The standard InChI is InChI=1S/C18H28N2O2/c1-20(2)17(15-9-6-10-16(12-15)22-3)13-19-18(21)11-14-7-4-5-8-14/h6,9-10,12,14,17H,4-5,7-8,11,13H2,1-3H3,(H,19,21). The summed E-state index contributed by atoms with van der Waals surface area (Å²) in [4.78, 5) is 14.3. The molecule has 1 N–H and O–H groups in total. The first kappa shape index (κ1) is 16.8. The monoisotopic (exact) mass is 304 g/mol. The van der Waals surface area contributed by atoms with Gasteiger partial charge in [-0.2, -0.15) is 0 Å². The van der Waals surface area contributed by atoms with Gasteiger partial charge in [-0.25, -0.2) is 0 Å². The first-order valence-corrected chi connectivity index (χ1v) is 8.17. The quantitative estimate of drug-likeness (QED) is 0.842. The molecule has 1 unspecified atom stereocenters. The van der Waals surface area contributed by atoms with E-state index in [-0.39, 0.29) is 11.9 Å². The number of likely N-dealkylation sites (N-methyl/N-ethyl adjacent to an activating group) is 1. The first-order valence-electron chi connectivity index (χ1n) is 8.17. The summed E-state index contributed by atoms with van der Waals surface area (Å²) in [6, 6.07) is 8.20. The van der Waals surface area contributed by atoms with E-state index in [4.69, 9.17) is 4.74 Å². The molecule has 0 spiro atoms. The smallest absolute Gasteiger partial charge is 0.220 e. The summed E-state index contributed by atoms with van der Waals surface area (Å²) in [5, 5.41) is 3.11. The first-order chi connectivity index (χ1) is 10.6. The number of hydrogen-bond donors (Lipinski definition) is 1. The molecule has 1 saturated carbocycles. The molecular weight excluding hydrogens is 276 g/mol. The van der Waals surface area contributed by atoms with E-state index in [0.29, 0.717) is 18.9 Å². The maximum atomic E-state index is 12.1. The highest BCUT2D eigenvalue weighted by atomic mass is 16.5. The number of rotatable bonds is 7. The molecule has 0 bridgehead atoms. The zero-order valence-corrected chi connectivity index (χ0v) is 14.0. The zero-order valence-electron chi connectivity index (χ0n) is 14.0. The third-order valence-electron chi connectivity index (χ3n) is 4.54. The molecule has 1 aromatic carbocycles. The van der Waals surface area contributed by atoms with Crippen molar-refractivity contribution in [1.82, 2.24) is 10.2 Å². The molecule has 1 atom stereocenters. The summed E-state index contributed by atoms with van der Waals surface area (Å²) in [5.74, 6) is 1.62. The van der Waals surface area contributed by atoms with Crippen LogP contribution in [0.5, 0.6) is 5.75 Å². The van der Waals surface area contributed by atoms with Crippen LogP contribution >= 0.6 is 0 Å². The number of methoxy groups -OCH3 is 1. The summed E-state index contributed by atoms with van der Waals surface area (Å²) < 4.78 is 5.29. The van der Waals surface area contributed by atoms with Crippen LogP contribution in [0.2, 0.25) is 0 Å². The number of carbonyl (C=O) groups is 1. The van der Waals surface area contributed by atoms with Crippen molar-refractivity contribution in [3.8, 4) is 5.75 Å². The van der Waals surface area contributed by atoms with Crippen LogP contribution in [-0.2, 0) is 4.79 Å². The topological polar surface area (TPSA) is 41.6 Å². The van der Waals surface area contributed by atoms with E-state index >= 15 is 0 Å². The van der Waals surface area contributed by atoms with Gasteiger partial charge in [-0.15, -0.1) is 0 Å². The molecular formula is C18H28N2O2. The van der Waals surface area contributed by atoms with E-state index in [2.05, 4.69) is 16.3 Å². The molecule has 0 aliphatic heterocycles. The highest BCUT2D eigenvalue weighted by Crippen LogP contribution is 2.27. The van der Waals surface area contributed by atoms with E-state index in [1.807, 2.05) is 32.3 Å². The molecule has 1 aliphatic carbocycles. The van der Waals surface area contributed by atoms with E-state index in [1.54, 1.807) is 7.11 Å². The Labute approximate surface area is 133 Å². The number of nitrogens with zero attached hydrogens (tertiary/aromatic N) is 1. The number of carbonyl (C=O) groups excluding carboxylic acids is 1. The van der Waals surface area contributed by atoms with Crippen molar-refractivity contribution in [2.45, 2.75) is 38.1 Å². The minimum Gasteiger partial charge on any atom is -0.497 e. The fraction of sp³-hybridized carbons (Fsp3) is 0.611. The average Bonchev–Trinajstić information content (AvgIpc) is 3.00. The van der Waals surface area contributed by atoms with Crippen molar-refractivity contribution in [3.63, 3.8) is 0 Å². The minimum atomic E-state index is 0.155. The molecule has 4 nitrogen and oxygen atoms in total. The van der Waals surface area contributed by atoms with E-state index in [9.17, 15) is 4.79 Å². The maximum Gasteiger partial charge on any atom is 0.220 e. The Morgan fingerprint density at radius 1 is 1.36 bits per heavy atom. The van der Waals surface area contributed by atoms with E-state index in [0.717, 1.165) is 11.3 Å². The Hall–Kier alpha value is -1.55. The van der Waals surface area contributed by atoms with Gasteiger partial charge in [0.1, 0.15) is 5.75 Å². The van der Waals surface area contributed by atoms with Crippen LogP contribution in [0.3, 0.4) is 0 Å². The Kier molecular flexibility index (Phi) is 6.25. The molecule has 4 heteroatoms. The van der Waals surface area contributed by atoms with Crippen LogP contribution in [0.4, 0.5) is 0 Å². The van der Waals surface area contributed by atoms with Gasteiger partial charge < -0.3 is 15.0 Å². The SMILES string of the molecule is COc1cccc(C(CNC(=O)CC2CCCC2)N(C)C)c1. The second kappa shape index (κ2) is 8.18. The van der Waals surface area contributed by atoms with Gasteiger partial charge in [-0.05, 0) is 50.6 Å². The molecule has 1 aliphatic rings. The summed E-state index contributed by atoms with van der Waals surface area (Å²) in [6.07, 6.45) is 5.66. The lowest BCUT2D eigenvalue weighted by Gasteiger charge is -2.25. The molecule has 1 aromatic rings. The second-order valence-electron chi connectivity index (χ2n) is 6.41. The van der Waals surface area contributed by atoms with Crippen LogP contribution in [0.15, 0.2) is 24.3 Å². The lowest BCUT2D eigenvalue weighted by molar-refractivity contribution is -0.122. The molecule has 0 saturated heterocycles. The van der Waals surface area contributed by atoms with Crippen molar-refractivity contribution in [3.05, 3.63) is 29.8 Å². The Balaban J connectivity index is 1.92. The van der Waals surface area contributed by atoms with Gasteiger partial charge in [0.2, 0.25) is 5.91 Å². The molecule has 2 rings (SSSR count). The van der Waals surface area contributed by atoms with Gasteiger partial charge in [-0.1, -0.05) is 25.0 Å². The summed E-state index contributed by atoms with van der Waals surface area (Å²) in [7, 11) is 5.74. The molecule has 22 heavy (non-hydrogen) atoms. The van der Waals surface area contributed by atoms with Crippen LogP contribution in [0.25, 0.3) is 0 Å². The Morgan fingerprint density at radius 2 is 2.09 bits per heavy atom. The fourth-order valence-corrected chi connectivity index (χ4v) is 3.21. The van der Waals surface area contributed by atoms with Crippen LogP contribution in [0.1, 0.15) is 43.7 Å². The Bertz CT molecular complexity index is 482. The number of amides is 1. The van der Waals surface area contributed by atoms with Crippen LogP contribution in [-0.4, -0.2) is 38.6 Å². The largest absolute Gasteiger partial charge is 0.497 e. The molecule has 0 heterocycles. The summed E-state index contributed by atoms with van der Waals surface area (Å²) in [5.41, 5.74) is 1.16. The lowest BCUT2D eigenvalue weighted by atomic mass is 10.0. The van der Waals surface area contributed by atoms with Gasteiger partial charge in [0.05, 0.1) is 13.2 Å². The predicted molar refractivity (Wildman–Crippen MR) is 89.0 cm³/mol. The summed E-state index contributed by atoms with van der Waals surface area (Å²) in [6.45, 7) is 0.631. The van der Waals surface area contributed by atoms with Gasteiger partial charge in [0, 0.05) is 13.0 Å². The third-order valence-corrected chi connectivity index (χ3v) is 4.54. The zero-order chi connectivity index (χ0) is 15.9. The van der Waals surface area contributed by atoms with Crippen LogP contribution < -0.4 is 10.1 Å². The molecule has 0 aromatic heterocycles. The fourth-order valence-electron chi connectivity index (χ4n) is 3.21. The normalized spacial score (nSPS) is 16.7. The highest BCUT2D eigenvalue weighted by Gasteiger charge is 2.20. The van der Waals surface area contributed by atoms with E-state index < -0.39 is 0 Å². The average molecular weight is 304 g/mol. The van der Waals surface area contributed by atoms with Gasteiger partial charge >= 0.3 is 0 Å². The van der Waals surface area contributed by atoms with Crippen LogP contribution in [0, 0.1) is 5.92 Å². The summed E-state index contributed by atoms with van der Waals surface area (Å²) >= 11 is 0. The molecule has 0 radical (unpaired) electrons. The maximum absolute atomic E-state index is 12.1. The van der Waals surface area contributed by atoms with Crippen molar-refractivity contribution in [2.24, 2.45) is 5.92 Å². The number of ether oxygens (including phenoxy) is 1. The van der Waals surface area contributed by atoms with Crippen molar-refractivity contribution >= 4 is 5.91 Å². The molecule has 122 valence electrons. The van der Waals surface area contributed by atoms with Gasteiger partial charge in [-0.3, -0.25) is 4.79 Å². The van der Waals surface area contributed by atoms with Gasteiger partial charge in [0.25, 0.3) is 0 Å². The second-order valence-corrected chi connectivity index (χ2v) is 6.41. The molecule has 1 amide bonds. The Morgan fingerprint density at radius 3 is 2.73 bits per heavy atom. The number of benzene rings is 1. The minimum absolute atomic E-state index is 0.155. The van der Waals surface area contributed by atoms with Crippen molar-refractivity contribution < 1.29 is 9.53 Å².